The van der Waals surface area contributed by atoms with Crippen molar-refractivity contribution in [3.8, 4) is 34.1 Å². The van der Waals surface area contributed by atoms with Gasteiger partial charge in [-0.3, -0.25) is 14.2 Å². The molecule has 4 rings (SSSR count). The smallest absolute Gasteiger partial charge is 0.312 e. The van der Waals surface area contributed by atoms with Gasteiger partial charge in [0, 0.05) is 59.5 Å². The van der Waals surface area contributed by atoms with E-state index in [4.69, 9.17) is 14.5 Å². The average molecular weight is 567 g/mol. The summed E-state index contributed by atoms with van der Waals surface area (Å²) in [5.74, 6) is -0.0136. The van der Waals surface area contributed by atoms with Crippen LogP contribution in [0.15, 0.2) is 67.1 Å². The predicted octanol–water partition coefficient (Wildman–Crippen LogP) is 5.25. The number of anilines is 1. The van der Waals surface area contributed by atoms with Gasteiger partial charge in [0.15, 0.2) is 6.73 Å². The number of fused-ring (bicyclic) bond motifs is 1. The lowest BCUT2D eigenvalue weighted by atomic mass is 9.98. The van der Waals surface area contributed by atoms with E-state index in [1.54, 1.807) is 63.1 Å². The number of rotatable bonds is 9. The largest absolute Gasteiger partial charge is 0.497 e. The highest BCUT2D eigenvalue weighted by Gasteiger charge is 2.24. The number of methoxy groups -OCH3 is 1. The molecular weight excluding hydrogens is 532 g/mol. The number of pyridine rings is 2. The molecule has 0 aliphatic rings. The van der Waals surface area contributed by atoms with Crippen LogP contribution in [0.2, 0.25) is 0 Å². The molecule has 0 bridgehead atoms. The highest BCUT2D eigenvalue weighted by Crippen LogP contribution is 2.35. The Morgan fingerprint density at radius 2 is 1.88 bits per heavy atom. The van der Waals surface area contributed by atoms with Crippen LogP contribution < -0.4 is 10.1 Å². The topological polar surface area (TPSA) is 122 Å². The van der Waals surface area contributed by atoms with E-state index in [-0.39, 0.29) is 24.3 Å². The second-order valence-electron chi connectivity index (χ2n) is 11.1. The Kier molecular flexibility index (Phi) is 9.03. The summed E-state index contributed by atoms with van der Waals surface area (Å²) in [6, 6.07) is 13.0. The fraction of sp³-hybridized carbons (Fsp3) is 0.281. The minimum absolute atomic E-state index is 0.0220. The number of nitriles is 1. The van der Waals surface area contributed by atoms with Gasteiger partial charge in [0.05, 0.1) is 12.5 Å². The molecule has 1 amide bonds. The molecule has 4 aromatic rings. The fourth-order valence-corrected chi connectivity index (χ4v) is 4.17. The standard InChI is InChI=1S/C32H34N6O4/c1-32(2,3)31(40)42-20-38-19-28(21-9-10-34-25(12-21)17-33)27-15-23(18-35-30(27)38)22-13-24(16-26(14-22)41-6)36-29(39)8-7-11-37(4)5/h7-10,12-16,18-19H,11,20H2,1-6H3,(H,36,39)/b8-7+. The Bertz CT molecular complexity index is 1690. The molecule has 1 aromatic carbocycles. The zero-order chi connectivity index (χ0) is 30.4. The average Bonchev–Trinajstić information content (AvgIpc) is 3.32. The molecule has 0 spiro atoms. The minimum atomic E-state index is -0.652. The lowest BCUT2D eigenvalue weighted by Gasteiger charge is -2.17. The van der Waals surface area contributed by atoms with Gasteiger partial charge in [-0.1, -0.05) is 6.08 Å². The van der Waals surface area contributed by atoms with Gasteiger partial charge in [0.1, 0.15) is 23.2 Å². The maximum atomic E-state index is 12.5. The van der Waals surface area contributed by atoms with E-state index in [2.05, 4.69) is 16.4 Å². The van der Waals surface area contributed by atoms with Gasteiger partial charge in [-0.15, -0.1) is 0 Å². The molecule has 0 fully saturated rings. The molecule has 0 saturated heterocycles. The summed E-state index contributed by atoms with van der Waals surface area (Å²) in [4.78, 5) is 35.8. The van der Waals surface area contributed by atoms with Gasteiger partial charge >= 0.3 is 5.97 Å². The molecule has 1 N–H and O–H groups in total. The summed E-state index contributed by atoms with van der Waals surface area (Å²) in [5, 5.41) is 13.1. The number of likely N-dealkylation sites (N-methyl/N-ethyl adjacent to an activating group) is 1. The highest BCUT2D eigenvalue weighted by atomic mass is 16.5. The van der Waals surface area contributed by atoms with Crippen LogP contribution in [-0.2, 0) is 21.1 Å². The van der Waals surface area contributed by atoms with E-state index in [1.807, 2.05) is 49.5 Å². The molecule has 0 aliphatic heterocycles. The van der Waals surface area contributed by atoms with E-state index in [1.165, 1.54) is 6.08 Å². The third kappa shape index (κ3) is 7.19. The van der Waals surface area contributed by atoms with Crippen molar-refractivity contribution in [3.05, 3.63) is 72.8 Å². The molecule has 3 aromatic heterocycles. The van der Waals surface area contributed by atoms with Crippen LogP contribution in [0.3, 0.4) is 0 Å². The summed E-state index contributed by atoms with van der Waals surface area (Å²) >= 11 is 0. The first-order valence-electron chi connectivity index (χ1n) is 13.3. The van der Waals surface area contributed by atoms with Crippen molar-refractivity contribution in [3.63, 3.8) is 0 Å². The van der Waals surface area contributed by atoms with Crippen molar-refractivity contribution in [1.82, 2.24) is 19.4 Å². The number of hydrogen-bond donors (Lipinski definition) is 1. The maximum absolute atomic E-state index is 12.5. The Labute approximate surface area is 245 Å². The monoisotopic (exact) mass is 566 g/mol. The quantitative estimate of drug-likeness (QED) is 0.215. The maximum Gasteiger partial charge on any atom is 0.312 e. The van der Waals surface area contributed by atoms with E-state index >= 15 is 0 Å². The molecular formula is C32H34N6O4. The third-order valence-corrected chi connectivity index (χ3v) is 6.33. The van der Waals surface area contributed by atoms with Crippen LogP contribution in [0.25, 0.3) is 33.3 Å². The number of nitrogens with zero attached hydrogens (tertiary/aromatic N) is 5. The first-order chi connectivity index (χ1) is 20.0. The first kappa shape index (κ1) is 30.0. The van der Waals surface area contributed by atoms with Crippen molar-refractivity contribution in [2.75, 3.05) is 33.1 Å². The van der Waals surface area contributed by atoms with Crippen LogP contribution in [0.1, 0.15) is 26.5 Å². The van der Waals surface area contributed by atoms with Crippen molar-refractivity contribution >= 4 is 28.6 Å². The normalized spacial score (nSPS) is 11.6. The molecule has 10 nitrogen and oxygen atoms in total. The number of ether oxygens (including phenoxy) is 2. The van der Waals surface area contributed by atoms with Crippen molar-refractivity contribution < 1.29 is 19.1 Å². The molecule has 42 heavy (non-hydrogen) atoms. The second-order valence-corrected chi connectivity index (χ2v) is 11.1. The summed E-state index contributed by atoms with van der Waals surface area (Å²) in [5.41, 5.74) is 3.94. The van der Waals surface area contributed by atoms with E-state index < -0.39 is 5.41 Å². The van der Waals surface area contributed by atoms with Gasteiger partial charge in [0.2, 0.25) is 5.91 Å². The number of carbonyl (C=O) groups excluding carboxylic acids is 2. The van der Waals surface area contributed by atoms with Crippen LogP contribution in [0.5, 0.6) is 5.75 Å². The van der Waals surface area contributed by atoms with Crippen LogP contribution in [0, 0.1) is 16.7 Å². The van der Waals surface area contributed by atoms with E-state index in [9.17, 15) is 14.9 Å². The number of carbonyl (C=O) groups is 2. The van der Waals surface area contributed by atoms with Gasteiger partial charge < -0.3 is 19.7 Å². The molecule has 0 radical (unpaired) electrons. The number of nitrogens with one attached hydrogen (secondary N) is 1. The minimum Gasteiger partial charge on any atom is -0.497 e. The third-order valence-electron chi connectivity index (χ3n) is 6.33. The van der Waals surface area contributed by atoms with Crippen molar-refractivity contribution in [2.24, 2.45) is 5.41 Å². The van der Waals surface area contributed by atoms with Gasteiger partial charge in [0.25, 0.3) is 0 Å². The van der Waals surface area contributed by atoms with Gasteiger partial charge in [-0.25, -0.2) is 9.97 Å². The SMILES string of the molecule is COc1cc(NC(=O)/C=C/CN(C)C)cc(-c2cnc3c(c2)c(-c2ccnc(C#N)c2)cn3COC(=O)C(C)(C)C)c1. The highest BCUT2D eigenvalue weighted by molar-refractivity contribution is 6.00. The summed E-state index contributed by atoms with van der Waals surface area (Å²) in [6.07, 6.45) is 8.44. The second kappa shape index (κ2) is 12.7. The Morgan fingerprint density at radius 1 is 1.10 bits per heavy atom. The van der Waals surface area contributed by atoms with E-state index in [0.29, 0.717) is 23.6 Å². The van der Waals surface area contributed by atoms with Gasteiger partial charge in [-0.2, -0.15) is 5.26 Å². The molecule has 10 heteroatoms. The summed E-state index contributed by atoms with van der Waals surface area (Å²) < 4.78 is 12.9. The number of esters is 1. The fourth-order valence-electron chi connectivity index (χ4n) is 4.17. The number of benzene rings is 1. The Balaban J connectivity index is 1.77. The Morgan fingerprint density at radius 3 is 2.57 bits per heavy atom. The lowest BCUT2D eigenvalue weighted by molar-refractivity contribution is -0.156. The molecule has 0 atom stereocenters. The summed E-state index contributed by atoms with van der Waals surface area (Å²) in [7, 11) is 5.42. The molecule has 3 heterocycles. The van der Waals surface area contributed by atoms with Crippen molar-refractivity contribution in [1.29, 1.82) is 5.26 Å². The zero-order valence-corrected chi connectivity index (χ0v) is 24.6. The molecule has 0 saturated carbocycles. The van der Waals surface area contributed by atoms with Crippen molar-refractivity contribution in [2.45, 2.75) is 27.5 Å². The Hall–Kier alpha value is -5.01. The molecule has 216 valence electrons. The molecule has 0 unspecified atom stereocenters. The van der Waals surface area contributed by atoms with Crippen LogP contribution in [0.4, 0.5) is 5.69 Å². The predicted molar refractivity (Wildman–Crippen MR) is 162 cm³/mol. The first-order valence-corrected chi connectivity index (χ1v) is 13.3. The van der Waals surface area contributed by atoms with Crippen LogP contribution in [-0.4, -0.2) is 59.1 Å². The number of hydrogen-bond acceptors (Lipinski definition) is 8. The lowest BCUT2D eigenvalue weighted by Crippen LogP contribution is -2.23. The van der Waals surface area contributed by atoms with E-state index in [0.717, 1.165) is 27.6 Å². The number of amides is 1. The summed E-state index contributed by atoms with van der Waals surface area (Å²) in [6.45, 7) is 6.01. The molecule has 0 aliphatic carbocycles. The van der Waals surface area contributed by atoms with Gasteiger partial charge in [-0.05, 0) is 76.3 Å². The number of aromatic nitrogens is 3. The van der Waals surface area contributed by atoms with Crippen LogP contribution >= 0.6 is 0 Å². The zero-order valence-electron chi connectivity index (χ0n) is 24.6.